The maximum atomic E-state index is 12.4. The van der Waals surface area contributed by atoms with E-state index in [1.165, 1.54) is 9.21 Å². The first kappa shape index (κ1) is 16.4. The molecule has 1 unspecified atom stereocenters. The fraction of sp³-hybridized carbons (Fsp3) is 0.917. The van der Waals surface area contributed by atoms with Crippen LogP contribution in [-0.2, 0) is 14.8 Å². The summed E-state index contributed by atoms with van der Waals surface area (Å²) in [4.78, 5) is 13.5. The summed E-state index contributed by atoms with van der Waals surface area (Å²) in [5.74, 6) is 0.281. The number of carbonyl (C=O) groups excluding carboxylic acids is 1. The molecule has 1 atom stereocenters. The molecule has 0 aromatic heterocycles. The summed E-state index contributed by atoms with van der Waals surface area (Å²) >= 11 is 0. The van der Waals surface area contributed by atoms with Gasteiger partial charge in [-0.25, -0.2) is 8.42 Å². The predicted molar refractivity (Wildman–Crippen MR) is 75.3 cm³/mol. The van der Waals surface area contributed by atoms with Gasteiger partial charge in [0.2, 0.25) is 15.9 Å². The van der Waals surface area contributed by atoms with E-state index in [0.717, 1.165) is 0 Å². The molecule has 0 bridgehead atoms. The Morgan fingerprint density at radius 3 is 2.58 bits per heavy atom. The van der Waals surface area contributed by atoms with Crippen LogP contribution in [0.4, 0.5) is 0 Å². The quantitative estimate of drug-likeness (QED) is 0.757. The van der Waals surface area contributed by atoms with Gasteiger partial charge in [0.15, 0.2) is 0 Å². The second-order valence-corrected chi connectivity index (χ2v) is 7.60. The van der Waals surface area contributed by atoms with Crippen molar-refractivity contribution in [3.63, 3.8) is 0 Å². The van der Waals surface area contributed by atoms with Crippen LogP contribution in [0.1, 0.15) is 20.3 Å². The topological polar surface area (TPSA) is 69.7 Å². The largest absolute Gasteiger partial charge is 0.347 e. The lowest BCUT2D eigenvalue weighted by molar-refractivity contribution is -0.133. The third kappa shape index (κ3) is 4.43. The van der Waals surface area contributed by atoms with Crippen molar-refractivity contribution in [3.8, 4) is 0 Å². The summed E-state index contributed by atoms with van der Waals surface area (Å²) in [7, 11) is -0.0629. The summed E-state index contributed by atoms with van der Waals surface area (Å²) < 4.78 is 26.1. The zero-order chi connectivity index (χ0) is 14.6. The molecule has 1 saturated heterocycles. The van der Waals surface area contributed by atoms with Crippen LogP contribution in [0.3, 0.4) is 0 Å². The van der Waals surface area contributed by atoms with Gasteiger partial charge in [-0.3, -0.25) is 4.79 Å². The molecular formula is C12H25N3O3S. The zero-order valence-electron chi connectivity index (χ0n) is 12.2. The summed E-state index contributed by atoms with van der Waals surface area (Å²) in [5, 5.41) is 3.08. The van der Waals surface area contributed by atoms with Gasteiger partial charge in [0.05, 0.1) is 5.75 Å². The lowest BCUT2D eigenvalue weighted by atomic mass is 10.2. The van der Waals surface area contributed by atoms with Gasteiger partial charge < -0.3 is 10.2 Å². The van der Waals surface area contributed by atoms with E-state index < -0.39 is 16.1 Å². The minimum absolute atomic E-state index is 0.113. The van der Waals surface area contributed by atoms with Crippen LogP contribution < -0.4 is 5.32 Å². The maximum absolute atomic E-state index is 12.4. The SMILES string of the molecule is CC(C)CCS(=O)(=O)N1CCNCC1C(=O)N(C)C. The number of rotatable bonds is 5. The van der Waals surface area contributed by atoms with Gasteiger partial charge in [-0.05, 0) is 12.3 Å². The lowest BCUT2D eigenvalue weighted by Crippen LogP contribution is -2.59. The minimum Gasteiger partial charge on any atom is -0.347 e. The number of hydrogen-bond donors (Lipinski definition) is 1. The number of hydrogen-bond acceptors (Lipinski definition) is 4. The van der Waals surface area contributed by atoms with Crippen molar-refractivity contribution in [1.82, 2.24) is 14.5 Å². The third-order valence-corrected chi connectivity index (χ3v) is 5.13. The molecule has 1 fully saturated rings. The molecular weight excluding hydrogens is 266 g/mol. The van der Waals surface area contributed by atoms with E-state index in [9.17, 15) is 13.2 Å². The Morgan fingerprint density at radius 1 is 1.42 bits per heavy atom. The molecule has 0 aromatic carbocycles. The van der Waals surface area contributed by atoms with Gasteiger partial charge in [-0.2, -0.15) is 4.31 Å². The molecule has 1 aliphatic heterocycles. The number of piperazine rings is 1. The van der Waals surface area contributed by atoms with Crippen LogP contribution in [0.5, 0.6) is 0 Å². The normalized spacial score (nSPS) is 21.6. The third-order valence-electron chi connectivity index (χ3n) is 3.23. The van der Waals surface area contributed by atoms with Crippen LogP contribution in [0.25, 0.3) is 0 Å². The second-order valence-electron chi connectivity index (χ2n) is 5.56. The fourth-order valence-electron chi connectivity index (χ4n) is 2.03. The van der Waals surface area contributed by atoms with Crippen LogP contribution >= 0.6 is 0 Å². The van der Waals surface area contributed by atoms with Gasteiger partial charge in [0, 0.05) is 33.7 Å². The highest BCUT2D eigenvalue weighted by Crippen LogP contribution is 2.15. The number of likely N-dealkylation sites (N-methyl/N-ethyl adjacent to an activating group) is 1. The first-order chi connectivity index (χ1) is 8.75. The van der Waals surface area contributed by atoms with Gasteiger partial charge in [0.25, 0.3) is 0 Å². The van der Waals surface area contributed by atoms with Gasteiger partial charge in [-0.15, -0.1) is 0 Å². The molecule has 1 amide bonds. The van der Waals surface area contributed by atoms with E-state index in [2.05, 4.69) is 5.32 Å². The average molecular weight is 291 g/mol. The van der Waals surface area contributed by atoms with Crippen molar-refractivity contribution in [2.24, 2.45) is 5.92 Å². The smallest absolute Gasteiger partial charge is 0.241 e. The van der Waals surface area contributed by atoms with Crippen molar-refractivity contribution in [1.29, 1.82) is 0 Å². The second kappa shape index (κ2) is 6.67. The van der Waals surface area contributed by atoms with Crippen LogP contribution in [0.15, 0.2) is 0 Å². The van der Waals surface area contributed by atoms with Gasteiger partial charge >= 0.3 is 0 Å². The highest BCUT2D eigenvalue weighted by molar-refractivity contribution is 7.89. The summed E-state index contributed by atoms with van der Waals surface area (Å²) in [6, 6.07) is -0.610. The van der Waals surface area contributed by atoms with Crippen molar-refractivity contribution in [2.45, 2.75) is 26.3 Å². The van der Waals surface area contributed by atoms with E-state index in [1.54, 1.807) is 14.1 Å². The van der Waals surface area contributed by atoms with E-state index in [-0.39, 0.29) is 11.7 Å². The highest BCUT2D eigenvalue weighted by atomic mass is 32.2. The summed E-state index contributed by atoms with van der Waals surface area (Å²) in [6.07, 6.45) is 0.620. The molecule has 0 spiro atoms. The summed E-state index contributed by atoms with van der Waals surface area (Å²) in [6.45, 7) is 5.34. The average Bonchev–Trinajstić information content (AvgIpc) is 2.35. The van der Waals surface area contributed by atoms with Crippen molar-refractivity contribution >= 4 is 15.9 Å². The monoisotopic (exact) mass is 291 g/mol. The van der Waals surface area contributed by atoms with Crippen molar-refractivity contribution < 1.29 is 13.2 Å². The van der Waals surface area contributed by atoms with Crippen molar-refractivity contribution in [3.05, 3.63) is 0 Å². The molecule has 1 heterocycles. The Kier molecular flexibility index (Phi) is 5.76. The Bertz CT molecular complexity index is 406. The predicted octanol–water partition coefficient (Wildman–Crippen LogP) is -0.276. The van der Waals surface area contributed by atoms with Crippen molar-refractivity contribution in [2.75, 3.05) is 39.5 Å². The maximum Gasteiger partial charge on any atom is 0.241 e. The van der Waals surface area contributed by atoms with Gasteiger partial charge in [-0.1, -0.05) is 13.8 Å². The lowest BCUT2D eigenvalue weighted by Gasteiger charge is -2.35. The van der Waals surface area contributed by atoms with E-state index in [1.807, 2.05) is 13.8 Å². The Balaban J connectivity index is 2.84. The van der Waals surface area contributed by atoms with Crippen LogP contribution in [0.2, 0.25) is 0 Å². The first-order valence-electron chi connectivity index (χ1n) is 6.67. The van der Waals surface area contributed by atoms with E-state index in [4.69, 9.17) is 0 Å². The first-order valence-corrected chi connectivity index (χ1v) is 8.28. The Labute approximate surface area is 116 Å². The highest BCUT2D eigenvalue weighted by Gasteiger charge is 2.37. The molecule has 0 aromatic rings. The Morgan fingerprint density at radius 2 is 2.05 bits per heavy atom. The fourth-order valence-corrected chi connectivity index (χ4v) is 3.95. The number of nitrogens with zero attached hydrogens (tertiary/aromatic N) is 2. The van der Waals surface area contributed by atoms with E-state index >= 15 is 0 Å². The Hall–Kier alpha value is -0.660. The number of nitrogens with one attached hydrogen (secondary N) is 1. The molecule has 0 aliphatic carbocycles. The molecule has 7 heteroatoms. The minimum atomic E-state index is -3.36. The molecule has 0 saturated carbocycles. The molecule has 19 heavy (non-hydrogen) atoms. The molecule has 6 nitrogen and oxygen atoms in total. The molecule has 1 aliphatic rings. The molecule has 112 valence electrons. The van der Waals surface area contributed by atoms with Gasteiger partial charge in [0.1, 0.15) is 6.04 Å². The molecule has 1 N–H and O–H groups in total. The number of sulfonamides is 1. The summed E-state index contributed by atoms with van der Waals surface area (Å²) in [5.41, 5.74) is 0. The van der Waals surface area contributed by atoms with Crippen LogP contribution in [-0.4, -0.2) is 69.1 Å². The van der Waals surface area contributed by atoms with E-state index in [0.29, 0.717) is 32.0 Å². The number of amides is 1. The standard InChI is InChI=1S/C12H25N3O3S/c1-10(2)5-8-19(17,18)15-7-6-13-9-11(15)12(16)14(3)4/h10-11,13H,5-9H2,1-4H3. The zero-order valence-corrected chi connectivity index (χ0v) is 13.0. The van der Waals surface area contributed by atoms with Crippen LogP contribution in [0, 0.1) is 5.92 Å². The molecule has 0 radical (unpaired) electrons. The number of carbonyl (C=O) groups is 1. The molecule has 1 rings (SSSR count).